The Morgan fingerprint density at radius 3 is 2.75 bits per heavy atom. The fourth-order valence-electron chi connectivity index (χ4n) is 2.08. The Morgan fingerprint density at radius 1 is 1.05 bits per heavy atom. The molecule has 0 aliphatic heterocycles. The Hall–Kier alpha value is -1.91. The number of hydrogen-bond acceptors (Lipinski definition) is 3. The predicted octanol–water partition coefficient (Wildman–Crippen LogP) is 4.25. The normalized spacial score (nSPS) is 10.7. The summed E-state index contributed by atoms with van der Waals surface area (Å²) >= 11 is 3.61. The number of pyridine rings is 1. The minimum Gasteiger partial charge on any atom is -0.456 e. The maximum absolute atomic E-state index is 5.97. The highest BCUT2D eigenvalue weighted by Crippen LogP contribution is 2.36. The molecule has 2 N–H and O–H groups in total. The predicted molar refractivity (Wildman–Crippen MR) is 83.9 cm³/mol. The molecule has 0 saturated carbocycles. The van der Waals surface area contributed by atoms with Gasteiger partial charge < -0.3 is 10.5 Å². The number of halogens is 1. The smallest absolute Gasteiger partial charge is 0.142 e. The first-order valence-electron chi connectivity index (χ1n) is 6.27. The van der Waals surface area contributed by atoms with Gasteiger partial charge in [0.15, 0.2) is 0 Å². The van der Waals surface area contributed by atoms with Gasteiger partial charge >= 0.3 is 0 Å². The van der Waals surface area contributed by atoms with Gasteiger partial charge in [-0.05, 0) is 38.8 Å². The molecule has 3 aromatic rings. The number of ether oxygens (including phenoxy) is 1. The van der Waals surface area contributed by atoms with Gasteiger partial charge in [0.1, 0.15) is 11.5 Å². The lowest BCUT2D eigenvalue weighted by molar-refractivity contribution is 0.473. The van der Waals surface area contributed by atoms with E-state index < -0.39 is 0 Å². The van der Waals surface area contributed by atoms with Gasteiger partial charge in [-0.25, -0.2) is 0 Å². The molecule has 0 fully saturated rings. The number of benzene rings is 2. The molecule has 20 heavy (non-hydrogen) atoms. The quantitative estimate of drug-likeness (QED) is 0.781. The monoisotopic (exact) mass is 328 g/mol. The molecule has 0 amide bonds. The lowest BCUT2D eigenvalue weighted by atomic mass is 10.1. The van der Waals surface area contributed by atoms with Crippen LogP contribution in [0.25, 0.3) is 10.8 Å². The summed E-state index contributed by atoms with van der Waals surface area (Å²) in [5, 5.41) is 2.29. The Bertz CT molecular complexity index is 758. The summed E-state index contributed by atoms with van der Waals surface area (Å²) in [6, 6.07) is 14.0. The second-order valence-corrected chi connectivity index (χ2v) is 5.18. The summed E-state index contributed by atoms with van der Waals surface area (Å²) < 4.78 is 6.91. The molecule has 0 radical (unpaired) electrons. The Balaban J connectivity index is 2.05. The minimum absolute atomic E-state index is 0.397. The molecular weight excluding hydrogens is 316 g/mol. The van der Waals surface area contributed by atoms with Crippen LogP contribution in [0.4, 0.5) is 0 Å². The van der Waals surface area contributed by atoms with Gasteiger partial charge in [0.25, 0.3) is 0 Å². The number of rotatable bonds is 3. The van der Waals surface area contributed by atoms with Gasteiger partial charge in [0.05, 0.1) is 4.47 Å². The van der Waals surface area contributed by atoms with Gasteiger partial charge in [0, 0.05) is 24.5 Å². The summed E-state index contributed by atoms with van der Waals surface area (Å²) in [5.74, 6) is 1.50. The van der Waals surface area contributed by atoms with Crippen LogP contribution in [-0.4, -0.2) is 4.98 Å². The standard InChI is InChI=1S/C16H13BrN2O/c17-16-13-4-2-1-3-11(13)5-6-15(16)20-14-7-8-19-10-12(14)9-18/h1-8,10H,9,18H2. The van der Waals surface area contributed by atoms with Crippen molar-refractivity contribution in [3.8, 4) is 11.5 Å². The molecule has 1 heterocycles. The van der Waals surface area contributed by atoms with Gasteiger partial charge in [-0.2, -0.15) is 0 Å². The van der Waals surface area contributed by atoms with E-state index in [0.717, 1.165) is 26.9 Å². The van der Waals surface area contributed by atoms with Crippen molar-refractivity contribution in [2.45, 2.75) is 6.54 Å². The molecule has 3 nitrogen and oxygen atoms in total. The Morgan fingerprint density at radius 2 is 1.90 bits per heavy atom. The molecule has 0 spiro atoms. The lowest BCUT2D eigenvalue weighted by Gasteiger charge is -2.12. The highest BCUT2D eigenvalue weighted by Gasteiger charge is 2.09. The molecule has 0 aliphatic rings. The maximum atomic E-state index is 5.97. The van der Waals surface area contributed by atoms with Crippen LogP contribution in [0.1, 0.15) is 5.56 Å². The van der Waals surface area contributed by atoms with E-state index >= 15 is 0 Å². The number of hydrogen-bond donors (Lipinski definition) is 1. The van der Waals surface area contributed by atoms with Crippen LogP contribution in [0, 0.1) is 0 Å². The SMILES string of the molecule is NCc1cnccc1Oc1ccc2ccccc2c1Br. The highest BCUT2D eigenvalue weighted by molar-refractivity contribution is 9.10. The largest absolute Gasteiger partial charge is 0.456 e. The number of aromatic nitrogens is 1. The van der Waals surface area contributed by atoms with Gasteiger partial charge in [-0.15, -0.1) is 0 Å². The van der Waals surface area contributed by atoms with E-state index in [-0.39, 0.29) is 0 Å². The molecule has 0 aliphatic carbocycles. The zero-order chi connectivity index (χ0) is 13.9. The fraction of sp³-hybridized carbons (Fsp3) is 0.0625. The second-order valence-electron chi connectivity index (χ2n) is 4.39. The van der Waals surface area contributed by atoms with E-state index in [2.05, 4.69) is 33.0 Å². The van der Waals surface area contributed by atoms with Gasteiger partial charge in [0.2, 0.25) is 0 Å². The summed E-state index contributed by atoms with van der Waals surface area (Å²) in [6.07, 6.45) is 3.42. The zero-order valence-electron chi connectivity index (χ0n) is 10.7. The third-order valence-electron chi connectivity index (χ3n) is 3.13. The van der Waals surface area contributed by atoms with Gasteiger partial charge in [-0.1, -0.05) is 30.3 Å². The third-order valence-corrected chi connectivity index (χ3v) is 3.94. The van der Waals surface area contributed by atoms with Crippen molar-refractivity contribution in [1.29, 1.82) is 0 Å². The summed E-state index contributed by atoms with van der Waals surface area (Å²) in [7, 11) is 0. The van der Waals surface area contributed by atoms with Crippen LogP contribution < -0.4 is 10.5 Å². The summed E-state index contributed by atoms with van der Waals surface area (Å²) in [6.45, 7) is 0.397. The van der Waals surface area contributed by atoms with Crippen molar-refractivity contribution in [3.63, 3.8) is 0 Å². The van der Waals surface area contributed by atoms with Crippen LogP contribution in [-0.2, 0) is 6.54 Å². The summed E-state index contributed by atoms with van der Waals surface area (Å²) in [5.41, 5.74) is 6.58. The van der Waals surface area contributed by atoms with Gasteiger partial charge in [-0.3, -0.25) is 4.98 Å². The van der Waals surface area contributed by atoms with E-state index in [0.29, 0.717) is 6.54 Å². The van der Waals surface area contributed by atoms with Crippen molar-refractivity contribution in [1.82, 2.24) is 4.98 Å². The number of nitrogens with two attached hydrogens (primary N) is 1. The van der Waals surface area contributed by atoms with Crippen LogP contribution in [0.3, 0.4) is 0 Å². The number of fused-ring (bicyclic) bond motifs is 1. The van der Waals surface area contributed by atoms with Crippen LogP contribution in [0.2, 0.25) is 0 Å². The van der Waals surface area contributed by atoms with Crippen molar-refractivity contribution in [3.05, 3.63) is 64.9 Å². The number of nitrogens with zero attached hydrogens (tertiary/aromatic N) is 1. The van der Waals surface area contributed by atoms with Crippen LogP contribution in [0.5, 0.6) is 11.5 Å². The first-order valence-corrected chi connectivity index (χ1v) is 7.07. The average Bonchev–Trinajstić information content (AvgIpc) is 2.51. The van der Waals surface area contributed by atoms with E-state index in [1.807, 2.05) is 30.3 Å². The molecule has 4 heteroatoms. The topological polar surface area (TPSA) is 48.1 Å². The van der Waals surface area contributed by atoms with Crippen LogP contribution in [0.15, 0.2) is 59.3 Å². The fourth-order valence-corrected chi connectivity index (χ4v) is 2.65. The van der Waals surface area contributed by atoms with Crippen molar-refractivity contribution in [2.75, 3.05) is 0 Å². The Kier molecular flexibility index (Phi) is 3.67. The van der Waals surface area contributed by atoms with E-state index in [1.165, 1.54) is 5.39 Å². The molecule has 0 bridgehead atoms. The van der Waals surface area contributed by atoms with Crippen molar-refractivity contribution < 1.29 is 4.74 Å². The molecule has 0 atom stereocenters. The van der Waals surface area contributed by atoms with Crippen molar-refractivity contribution in [2.24, 2.45) is 5.73 Å². The zero-order valence-corrected chi connectivity index (χ0v) is 12.3. The molecule has 100 valence electrons. The highest BCUT2D eigenvalue weighted by atomic mass is 79.9. The van der Waals surface area contributed by atoms with Crippen LogP contribution >= 0.6 is 15.9 Å². The average molecular weight is 329 g/mol. The maximum Gasteiger partial charge on any atom is 0.142 e. The first kappa shape index (κ1) is 13.1. The first-order chi connectivity index (χ1) is 9.79. The molecular formula is C16H13BrN2O. The van der Waals surface area contributed by atoms with Crippen molar-refractivity contribution >= 4 is 26.7 Å². The summed E-state index contributed by atoms with van der Waals surface area (Å²) in [4.78, 5) is 4.06. The molecule has 1 aromatic heterocycles. The minimum atomic E-state index is 0.397. The molecule has 3 rings (SSSR count). The molecule has 2 aromatic carbocycles. The van der Waals surface area contributed by atoms with E-state index in [1.54, 1.807) is 12.4 Å². The third kappa shape index (κ3) is 2.40. The lowest BCUT2D eigenvalue weighted by Crippen LogP contribution is -2.00. The van der Waals surface area contributed by atoms with E-state index in [9.17, 15) is 0 Å². The Labute approximate surface area is 125 Å². The molecule has 0 unspecified atom stereocenters. The van der Waals surface area contributed by atoms with E-state index in [4.69, 9.17) is 10.5 Å². The molecule has 0 saturated heterocycles. The second kappa shape index (κ2) is 5.61.